The molecule has 5 heteroatoms. The zero-order chi connectivity index (χ0) is 13.5. The van der Waals surface area contributed by atoms with Gasteiger partial charge in [0.05, 0.1) is 12.1 Å². The minimum absolute atomic E-state index is 0.0155. The number of fused-ring (bicyclic) bond motifs is 1. The fourth-order valence-electron chi connectivity index (χ4n) is 1.89. The van der Waals surface area contributed by atoms with Crippen molar-refractivity contribution in [3.8, 4) is 0 Å². The van der Waals surface area contributed by atoms with Crippen LogP contribution >= 0.6 is 0 Å². The summed E-state index contributed by atoms with van der Waals surface area (Å²) in [6, 6.07) is 5.81. The maximum atomic E-state index is 11.7. The number of amides is 1. The molecule has 2 N–H and O–H groups in total. The van der Waals surface area contributed by atoms with E-state index in [2.05, 4.69) is 22.5 Å². The zero-order valence-electron chi connectivity index (χ0n) is 11.2. The van der Waals surface area contributed by atoms with E-state index in [1.165, 1.54) is 0 Å². The molecule has 102 valence electrons. The molecule has 0 aromatic carbocycles. The van der Waals surface area contributed by atoms with Gasteiger partial charge in [0, 0.05) is 25.5 Å². The van der Waals surface area contributed by atoms with Crippen molar-refractivity contribution in [1.82, 2.24) is 20.0 Å². The molecular weight excluding hydrogens is 240 g/mol. The molecule has 0 bridgehead atoms. The van der Waals surface area contributed by atoms with Gasteiger partial charge in [-0.3, -0.25) is 4.79 Å². The highest BCUT2D eigenvalue weighted by atomic mass is 16.1. The third-order valence-corrected chi connectivity index (χ3v) is 2.81. The summed E-state index contributed by atoms with van der Waals surface area (Å²) >= 11 is 0. The smallest absolute Gasteiger partial charge is 0.226 e. The van der Waals surface area contributed by atoms with Crippen LogP contribution in [0.1, 0.15) is 19.0 Å². The Morgan fingerprint density at radius 1 is 1.32 bits per heavy atom. The van der Waals surface area contributed by atoms with Crippen molar-refractivity contribution in [1.29, 1.82) is 0 Å². The van der Waals surface area contributed by atoms with Gasteiger partial charge in [0.25, 0.3) is 0 Å². The number of carbonyl (C=O) groups excluding carboxylic acids is 1. The van der Waals surface area contributed by atoms with Gasteiger partial charge in [0.2, 0.25) is 5.91 Å². The number of hydrogen-bond donors (Lipinski definition) is 2. The Balaban J connectivity index is 1.78. The van der Waals surface area contributed by atoms with Gasteiger partial charge in [-0.1, -0.05) is 13.0 Å². The van der Waals surface area contributed by atoms with E-state index in [0.717, 1.165) is 30.9 Å². The minimum atomic E-state index is 0.0155. The Hall–Kier alpha value is -1.88. The van der Waals surface area contributed by atoms with Gasteiger partial charge in [0.15, 0.2) is 0 Å². The largest absolute Gasteiger partial charge is 0.354 e. The van der Waals surface area contributed by atoms with E-state index in [1.54, 1.807) is 0 Å². The molecule has 2 aromatic rings. The highest BCUT2D eigenvalue weighted by Gasteiger charge is 2.06. The monoisotopic (exact) mass is 260 g/mol. The van der Waals surface area contributed by atoms with E-state index in [4.69, 9.17) is 0 Å². The normalized spacial score (nSPS) is 10.8. The number of nitrogens with one attached hydrogen (secondary N) is 2. The van der Waals surface area contributed by atoms with E-state index < -0.39 is 0 Å². The van der Waals surface area contributed by atoms with Gasteiger partial charge < -0.3 is 15.0 Å². The average molecular weight is 260 g/mol. The van der Waals surface area contributed by atoms with Crippen LogP contribution in [0.3, 0.4) is 0 Å². The number of pyridine rings is 1. The molecule has 5 nitrogen and oxygen atoms in total. The molecular formula is C14H20N4O. The lowest BCUT2D eigenvalue weighted by molar-refractivity contribution is -0.120. The van der Waals surface area contributed by atoms with Crippen molar-refractivity contribution in [2.45, 2.75) is 19.8 Å². The Kier molecular flexibility index (Phi) is 4.92. The topological polar surface area (TPSA) is 58.4 Å². The summed E-state index contributed by atoms with van der Waals surface area (Å²) in [6.07, 6.45) is 5.26. The van der Waals surface area contributed by atoms with E-state index in [9.17, 15) is 4.79 Å². The highest BCUT2D eigenvalue weighted by molar-refractivity contribution is 5.78. The number of aromatic nitrogens is 2. The van der Waals surface area contributed by atoms with Gasteiger partial charge in [-0.15, -0.1) is 0 Å². The van der Waals surface area contributed by atoms with Gasteiger partial charge in [0.1, 0.15) is 5.65 Å². The SMILES string of the molecule is CCCNCCNC(=O)Cc1cn2ccccc2n1. The fraction of sp³-hybridized carbons (Fsp3) is 0.429. The van der Waals surface area contributed by atoms with Crippen LogP contribution in [0.5, 0.6) is 0 Å². The molecule has 2 heterocycles. The third-order valence-electron chi connectivity index (χ3n) is 2.81. The van der Waals surface area contributed by atoms with Gasteiger partial charge in [-0.25, -0.2) is 4.98 Å². The Morgan fingerprint density at radius 3 is 3.00 bits per heavy atom. The predicted octanol–water partition coefficient (Wildman–Crippen LogP) is 0.993. The first-order chi connectivity index (χ1) is 9.29. The molecule has 0 saturated carbocycles. The van der Waals surface area contributed by atoms with E-state index >= 15 is 0 Å². The summed E-state index contributed by atoms with van der Waals surface area (Å²) in [5.41, 5.74) is 1.67. The molecule has 0 saturated heterocycles. The first-order valence-corrected chi connectivity index (χ1v) is 6.69. The summed E-state index contributed by atoms with van der Waals surface area (Å²) in [4.78, 5) is 16.1. The lowest BCUT2D eigenvalue weighted by Gasteiger charge is -2.04. The third kappa shape index (κ3) is 4.06. The molecule has 0 spiro atoms. The minimum Gasteiger partial charge on any atom is -0.354 e. The van der Waals surface area contributed by atoms with Crippen LogP contribution < -0.4 is 10.6 Å². The van der Waals surface area contributed by atoms with E-state index in [0.29, 0.717) is 13.0 Å². The van der Waals surface area contributed by atoms with Crippen molar-refractivity contribution in [3.63, 3.8) is 0 Å². The second-order valence-electron chi connectivity index (χ2n) is 4.48. The Labute approximate surface area is 113 Å². The van der Waals surface area contributed by atoms with Crippen LogP contribution in [0.25, 0.3) is 5.65 Å². The fourth-order valence-corrected chi connectivity index (χ4v) is 1.89. The lowest BCUT2D eigenvalue weighted by atomic mass is 10.3. The van der Waals surface area contributed by atoms with Gasteiger partial charge in [-0.2, -0.15) is 0 Å². The molecule has 0 radical (unpaired) electrons. The first-order valence-electron chi connectivity index (χ1n) is 6.69. The molecule has 0 aliphatic heterocycles. The summed E-state index contributed by atoms with van der Waals surface area (Å²) in [6.45, 7) is 4.58. The van der Waals surface area contributed by atoms with Gasteiger partial charge in [-0.05, 0) is 25.1 Å². The predicted molar refractivity (Wildman–Crippen MR) is 75.1 cm³/mol. The van der Waals surface area contributed by atoms with Gasteiger partial charge >= 0.3 is 0 Å². The van der Waals surface area contributed by atoms with Crippen LogP contribution in [-0.4, -0.2) is 34.9 Å². The van der Waals surface area contributed by atoms with Crippen LogP contribution in [-0.2, 0) is 11.2 Å². The number of imidazole rings is 1. The van der Waals surface area contributed by atoms with Crippen LogP contribution in [0, 0.1) is 0 Å². The molecule has 2 rings (SSSR count). The van der Waals surface area contributed by atoms with Crippen molar-refractivity contribution >= 4 is 11.6 Å². The average Bonchev–Trinajstić information content (AvgIpc) is 2.80. The summed E-state index contributed by atoms with van der Waals surface area (Å²) in [5, 5.41) is 6.13. The number of carbonyl (C=O) groups is 1. The van der Waals surface area contributed by atoms with Crippen LogP contribution in [0.2, 0.25) is 0 Å². The number of hydrogen-bond acceptors (Lipinski definition) is 3. The molecule has 2 aromatic heterocycles. The van der Waals surface area contributed by atoms with E-state index in [-0.39, 0.29) is 5.91 Å². The molecule has 0 unspecified atom stereocenters. The van der Waals surface area contributed by atoms with Crippen molar-refractivity contribution < 1.29 is 4.79 Å². The van der Waals surface area contributed by atoms with Crippen LogP contribution in [0.15, 0.2) is 30.6 Å². The van der Waals surface area contributed by atoms with Crippen molar-refractivity contribution in [3.05, 3.63) is 36.3 Å². The maximum Gasteiger partial charge on any atom is 0.226 e. The highest BCUT2D eigenvalue weighted by Crippen LogP contribution is 2.04. The number of nitrogens with zero attached hydrogens (tertiary/aromatic N) is 2. The van der Waals surface area contributed by atoms with E-state index in [1.807, 2.05) is 35.0 Å². The molecule has 19 heavy (non-hydrogen) atoms. The molecule has 0 aliphatic carbocycles. The molecule has 0 atom stereocenters. The second-order valence-corrected chi connectivity index (χ2v) is 4.48. The van der Waals surface area contributed by atoms with Crippen molar-refractivity contribution in [2.75, 3.05) is 19.6 Å². The lowest BCUT2D eigenvalue weighted by Crippen LogP contribution is -2.33. The summed E-state index contributed by atoms with van der Waals surface area (Å²) < 4.78 is 1.92. The molecule has 0 aliphatic rings. The maximum absolute atomic E-state index is 11.7. The summed E-state index contributed by atoms with van der Waals surface area (Å²) in [5.74, 6) is 0.0155. The standard InChI is InChI=1S/C14H20N4O/c1-2-6-15-7-8-16-14(19)10-12-11-18-9-4-3-5-13(18)17-12/h3-5,9,11,15H,2,6-8,10H2,1H3,(H,16,19). The molecule has 0 fully saturated rings. The summed E-state index contributed by atoms with van der Waals surface area (Å²) in [7, 11) is 0. The quantitative estimate of drug-likeness (QED) is 0.730. The zero-order valence-corrected chi connectivity index (χ0v) is 11.2. The number of rotatable bonds is 7. The van der Waals surface area contributed by atoms with Crippen molar-refractivity contribution in [2.24, 2.45) is 0 Å². The first kappa shape index (κ1) is 13.5. The second kappa shape index (κ2) is 6.89. The Bertz CT molecular complexity index is 502. The Morgan fingerprint density at radius 2 is 2.21 bits per heavy atom. The molecule has 1 amide bonds. The van der Waals surface area contributed by atoms with Crippen LogP contribution in [0.4, 0.5) is 0 Å².